The van der Waals surface area contributed by atoms with E-state index in [2.05, 4.69) is 11.3 Å². The summed E-state index contributed by atoms with van der Waals surface area (Å²) >= 11 is 0. The Morgan fingerprint density at radius 3 is 2.31 bits per heavy atom. The van der Waals surface area contributed by atoms with Crippen LogP contribution in [-0.2, 0) is 0 Å². The molecule has 2 N–H and O–H groups in total. The van der Waals surface area contributed by atoms with E-state index < -0.39 is 6.09 Å². The van der Waals surface area contributed by atoms with Crippen LogP contribution in [0, 0.1) is 0 Å². The van der Waals surface area contributed by atoms with Crippen LogP contribution in [0.4, 0.5) is 4.79 Å². The number of carbonyl (C=O) groups excluding carboxylic acids is 1. The van der Waals surface area contributed by atoms with E-state index in [1.54, 1.807) is 12.1 Å². The molecule has 0 saturated heterocycles. The number of benzene rings is 1. The van der Waals surface area contributed by atoms with Crippen LogP contribution in [0.3, 0.4) is 0 Å². The molecule has 0 atom stereocenters. The van der Waals surface area contributed by atoms with Gasteiger partial charge >= 0.3 is 6.09 Å². The first-order valence-electron chi connectivity index (χ1n) is 3.83. The number of allylic oxidation sites excluding steroid dienone is 1. The molecule has 1 rings (SSSR count). The molecule has 0 aliphatic heterocycles. The van der Waals surface area contributed by atoms with Gasteiger partial charge < -0.3 is 10.5 Å². The van der Waals surface area contributed by atoms with E-state index >= 15 is 0 Å². The normalized spacial score (nSPS) is 9.31. The SMILES string of the molecule is C=C(C)c1ccc(OC(N)=O)cc1. The van der Waals surface area contributed by atoms with Crippen molar-refractivity contribution in [1.82, 2.24) is 0 Å². The van der Waals surface area contributed by atoms with Crippen LogP contribution >= 0.6 is 0 Å². The average molecular weight is 177 g/mol. The number of carbonyl (C=O) groups is 1. The van der Waals surface area contributed by atoms with Crippen molar-refractivity contribution < 1.29 is 9.53 Å². The van der Waals surface area contributed by atoms with Gasteiger partial charge in [0.15, 0.2) is 0 Å². The number of nitrogens with two attached hydrogens (primary N) is 1. The van der Waals surface area contributed by atoms with Crippen LogP contribution in [-0.4, -0.2) is 6.09 Å². The van der Waals surface area contributed by atoms with Crippen LogP contribution in [0.5, 0.6) is 5.75 Å². The lowest BCUT2D eigenvalue weighted by Crippen LogP contribution is -2.16. The topological polar surface area (TPSA) is 52.3 Å². The summed E-state index contributed by atoms with van der Waals surface area (Å²) in [6.45, 7) is 5.69. The van der Waals surface area contributed by atoms with Gasteiger partial charge in [-0.3, -0.25) is 0 Å². The molecule has 0 bridgehead atoms. The first-order chi connectivity index (χ1) is 6.09. The maximum atomic E-state index is 10.4. The lowest BCUT2D eigenvalue weighted by Gasteiger charge is -2.02. The fourth-order valence-electron chi connectivity index (χ4n) is 0.924. The molecule has 13 heavy (non-hydrogen) atoms. The summed E-state index contributed by atoms with van der Waals surface area (Å²) in [5, 5.41) is 0. The standard InChI is InChI=1S/C10H11NO2/c1-7(2)8-3-5-9(6-4-8)13-10(11)12/h3-6H,1H2,2H3,(H2,11,12). The van der Waals surface area contributed by atoms with Gasteiger partial charge in [0.1, 0.15) is 5.75 Å². The quantitative estimate of drug-likeness (QED) is 0.752. The number of hydrogen-bond acceptors (Lipinski definition) is 2. The van der Waals surface area contributed by atoms with Crippen molar-refractivity contribution in [1.29, 1.82) is 0 Å². The molecule has 0 spiro atoms. The van der Waals surface area contributed by atoms with Crippen molar-refractivity contribution >= 4 is 11.7 Å². The van der Waals surface area contributed by atoms with Crippen LogP contribution in [0.2, 0.25) is 0 Å². The van der Waals surface area contributed by atoms with E-state index in [1.165, 1.54) is 0 Å². The van der Waals surface area contributed by atoms with Gasteiger partial charge in [-0.15, -0.1) is 0 Å². The summed E-state index contributed by atoms with van der Waals surface area (Å²) in [5.41, 5.74) is 6.82. The number of amides is 1. The van der Waals surface area contributed by atoms with Crippen LogP contribution < -0.4 is 10.5 Å². The van der Waals surface area contributed by atoms with E-state index in [-0.39, 0.29) is 0 Å². The Kier molecular flexibility index (Phi) is 2.69. The third-order valence-electron chi connectivity index (χ3n) is 1.57. The highest BCUT2D eigenvalue weighted by Crippen LogP contribution is 2.16. The summed E-state index contributed by atoms with van der Waals surface area (Å²) in [5.74, 6) is 0.442. The molecular formula is C10H11NO2. The fraction of sp³-hybridized carbons (Fsp3) is 0.100. The van der Waals surface area contributed by atoms with Crippen molar-refractivity contribution in [3.63, 3.8) is 0 Å². The van der Waals surface area contributed by atoms with E-state index in [0.29, 0.717) is 5.75 Å². The Morgan fingerprint density at radius 2 is 1.92 bits per heavy atom. The summed E-state index contributed by atoms with van der Waals surface area (Å²) in [4.78, 5) is 10.4. The fourth-order valence-corrected chi connectivity index (χ4v) is 0.924. The first-order valence-corrected chi connectivity index (χ1v) is 3.83. The molecule has 1 aromatic carbocycles. The minimum Gasteiger partial charge on any atom is -0.411 e. The second-order valence-electron chi connectivity index (χ2n) is 2.73. The molecule has 1 aromatic rings. The molecule has 0 aliphatic rings. The van der Waals surface area contributed by atoms with Gasteiger partial charge in [-0.1, -0.05) is 24.3 Å². The van der Waals surface area contributed by atoms with Crippen molar-refractivity contribution in [2.45, 2.75) is 6.92 Å². The Hall–Kier alpha value is -1.77. The maximum absolute atomic E-state index is 10.4. The van der Waals surface area contributed by atoms with E-state index in [1.807, 2.05) is 19.1 Å². The van der Waals surface area contributed by atoms with Gasteiger partial charge in [-0.2, -0.15) is 0 Å². The van der Waals surface area contributed by atoms with Crippen LogP contribution in [0.15, 0.2) is 30.8 Å². The van der Waals surface area contributed by atoms with Crippen LogP contribution in [0.25, 0.3) is 5.57 Å². The maximum Gasteiger partial charge on any atom is 0.409 e. The second-order valence-corrected chi connectivity index (χ2v) is 2.73. The van der Waals surface area contributed by atoms with E-state index in [4.69, 9.17) is 5.73 Å². The number of primary amides is 1. The van der Waals surface area contributed by atoms with Crippen molar-refractivity contribution in [2.75, 3.05) is 0 Å². The molecule has 1 amide bonds. The van der Waals surface area contributed by atoms with Gasteiger partial charge in [-0.05, 0) is 24.6 Å². The zero-order valence-corrected chi connectivity index (χ0v) is 7.41. The highest BCUT2D eigenvalue weighted by atomic mass is 16.5. The molecule has 0 radical (unpaired) electrons. The molecular weight excluding hydrogens is 166 g/mol. The third kappa shape index (κ3) is 2.63. The molecule has 0 unspecified atom stereocenters. The summed E-state index contributed by atoms with van der Waals surface area (Å²) in [6, 6.07) is 6.99. The van der Waals surface area contributed by atoms with Gasteiger partial charge in [0, 0.05) is 0 Å². The Balaban J connectivity index is 2.81. The third-order valence-corrected chi connectivity index (χ3v) is 1.57. The molecule has 0 aliphatic carbocycles. The lowest BCUT2D eigenvalue weighted by molar-refractivity contribution is 0.211. The largest absolute Gasteiger partial charge is 0.411 e. The van der Waals surface area contributed by atoms with Crippen LogP contribution in [0.1, 0.15) is 12.5 Å². The molecule has 0 saturated carbocycles. The van der Waals surface area contributed by atoms with Gasteiger partial charge in [0.25, 0.3) is 0 Å². The second kappa shape index (κ2) is 3.76. The molecule has 0 fully saturated rings. The predicted molar refractivity (Wildman–Crippen MR) is 51.4 cm³/mol. The van der Waals surface area contributed by atoms with Crippen molar-refractivity contribution in [2.24, 2.45) is 5.73 Å². The average Bonchev–Trinajstić information content (AvgIpc) is 2.04. The highest BCUT2D eigenvalue weighted by molar-refractivity contribution is 5.68. The molecule has 3 nitrogen and oxygen atoms in total. The van der Waals surface area contributed by atoms with Gasteiger partial charge in [0.2, 0.25) is 0 Å². The van der Waals surface area contributed by atoms with Gasteiger partial charge in [-0.25, -0.2) is 4.79 Å². The van der Waals surface area contributed by atoms with E-state index in [0.717, 1.165) is 11.1 Å². The smallest absolute Gasteiger partial charge is 0.409 e. The lowest BCUT2D eigenvalue weighted by atomic mass is 10.1. The minimum absolute atomic E-state index is 0.442. The number of hydrogen-bond donors (Lipinski definition) is 1. The molecule has 3 heteroatoms. The Morgan fingerprint density at radius 1 is 1.38 bits per heavy atom. The summed E-state index contributed by atoms with van der Waals surface area (Å²) < 4.78 is 4.66. The van der Waals surface area contributed by atoms with E-state index in [9.17, 15) is 4.79 Å². The summed E-state index contributed by atoms with van der Waals surface area (Å²) in [7, 11) is 0. The molecule has 68 valence electrons. The first kappa shape index (κ1) is 9.32. The monoisotopic (exact) mass is 177 g/mol. The van der Waals surface area contributed by atoms with Crippen molar-refractivity contribution in [3.05, 3.63) is 36.4 Å². The minimum atomic E-state index is -0.803. The zero-order chi connectivity index (χ0) is 9.84. The highest BCUT2D eigenvalue weighted by Gasteiger charge is 1.98. The summed E-state index contributed by atoms with van der Waals surface area (Å²) in [6.07, 6.45) is -0.803. The molecule has 0 heterocycles. The Labute approximate surface area is 76.8 Å². The van der Waals surface area contributed by atoms with Gasteiger partial charge in [0.05, 0.1) is 0 Å². The van der Waals surface area contributed by atoms with Crippen molar-refractivity contribution in [3.8, 4) is 5.75 Å². The molecule has 0 aromatic heterocycles. The number of ether oxygens (including phenoxy) is 1. The predicted octanol–water partition coefficient (Wildman–Crippen LogP) is 2.18. The zero-order valence-electron chi connectivity index (χ0n) is 7.41. The number of rotatable bonds is 2. The Bertz CT molecular complexity index is 327.